The molecule has 1 heterocycles. The lowest BCUT2D eigenvalue weighted by molar-refractivity contribution is -0.121. The predicted octanol–water partition coefficient (Wildman–Crippen LogP) is 4.05. The van der Waals surface area contributed by atoms with Gasteiger partial charge in [0.25, 0.3) is 5.91 Å². The Morgan fingerprint density at radius 3 is 2.37 bits per heavy atom. The van der Waals surface area contributed by atoms with Crippen LogP contribution in [0.3, 0.4) is 0 Å². The Bertz CT molecular complexity index is 962. The van der Waals surface area contributed by atoms with E-state index in [2.05, 4.69) is 22.5 Å². The highest BCUT2D eigenvalue weighted by molar-refractivity contribution is 6.03. The van der Waals surface area contributed by atoms with Crippen molar-refractivity contribution in [3.8, 4) is 0 Å². The summed E-state index contributed by atoms with van der Waals surface area (Å²) in [6.45, 7) is 2.23. The van der Waals surface area contributed by atoms with Crippen LogP contribution < -0.4 is 16.4 Å². The molecule has 2 aromatic rings. The fourth-order valence-electron chi connectivity index (χ4n) is 3.53. The minimum absolute atomic E-state index is 0.0354. The average Bonchev–Trinajstić information content (AvgIpc) is 2.74. The summed E-state index contributed by atoms with van der Waals surface area (Å²) < 4.78 is 0. The van der Waals surface area contributed by atoms with Crippen molar-refractivity contribution in [2.75, 3.05) is 10.6 Å². The number of rotatable bonds is 6. The van der Waals surface area contributed by atoms with E-state index in [1.165, 1.54) is 6.08 Å². The molecule has 2 amide bonds. The number of amides is 2. The topological polar surface area (TPSA) is 121 Å². The molecule has 0 saturated heterocycles. The third-order valence-corrected chi connectivity index (χ3v) is 5.32. The Balaban J connectivity index is 1.66. The van der Waals surface area contributed by atoms with Crippen LogP contribution in [0.25, 0.3) is 5.70 Å². The van der Waals surface area contributed by atoms with Crippen LogP contribution in [0.1, 0.15) is 48.8 Å². The van der Waals surface area contributed by atoms with E-state index in [0.717, 1.165) is 31.9 Å². The zero-order valence-corrected chi connectivity index (χ0v) is 17.0. The van der Waals surface area contributed by atoms with Crippen LogP contribution in [0.5, 0.6) is 0 Å². The first-order chi connectivity index (χ1) is 14.5. The molecule has 0 unspecified atom stereocenters. The summed E-state index contributed by atoms with van der Waals surface area (Å²) in [6, 6.07) is 12.0. The minimum Gasteiger partial charge on any atom is -0.397 e. The lowest BCUT2D eigenvalue weighted by Gasteiger charge is -2.25. The number of carbonyl (C=O) groups excluding carboxylic acids is 2. The smallest absolute Gasteiger partial charge is 0.274 e. The van der Waals surface area contributed by atoms with Crippen molar-refractivity contribution in [3.63, 3.8) is 0 Å². The third kappa shape index (κ3) is 5.53. The highest BCUT2D eigenvalue weighted by atomic mass is 16.2. The highest BCUT2D eigenvalue weighted by Gasteiger charge is 2.24. The molecule has 0 bridgehead atoms. The van der Waals surface area contributed by atoms with Gasteiger partial charge in [-0.15, -0.1) is 0 Å². The summed E-state index contributed by atoms with van der Waals surface area (Å²) in [6.07, 6.45) is 6.47. The van der Waals surface area contributed by atoms with Crippen LogP contribution in [0.15, 0.2) is 48.5 Å². The minimum atomic E-state index is -0.385. The van der Waals surface area contributed by atoms with E-state index in [1.54, 1.807) is 42.5 Å². The molecule has 1 aliphatic rings. The largest absolute Gasteiger partial charge is 0.397 e. The highest BCUT2D eigenvalue weighted by Crippen LogP contribution is 2.29. The van der Waals surface area contributed by atoms with Crippen LogP contribution in [0.4, 0.5) is 11.4 Å². The summed E-state index contributed by atoms with van der Waals surface area (Å²) in [5, 5.41) is 12.9. The predicted molar refractivity (Wildman–Crippen MR) is 119 cm³/mol. The maximum absolute atomic E-state index is 12.6. The fourth-order valence-corrected chi connectivity index (χ4v) is 3.53. The zero-order chi connectivity index (χ0) is 21.5. The van der Waals surface area contributed by atoms with Gasteiger partial charge in [-0.1, -0.05) is 19.1 Å². The number of allylic oxidation sites excluding steroid dienone is 1. The molecule has 1 saturated carbocycles. The zero-order valence-electron chi connectivity index (χ0n) is 17.0. The molecule has 0 spiro atoms. The van der Waals surface area contributed by atoms with Crippen LogP contribution in [0, 0.1) is 17.2 Å². The molecule has 1 aliphatic carbocycles. The van der Waals surface area contributed by atoms with E-state index in [4.69, 9.17) is 11.1 Å². The van der Waals surface area contributed by atoms with E-state index < -0.39 is 0 Å². The van der Waals surface area contributed by atoms with E-state index >= 15 is 0 Å². The normalized spacial score (nSPS) is 19.0. The Labute approximate surface area is 176 Å². The van der Waals surface area contributed by atoms with Gasteiger partial charge in [-0.25, -0.2) is 4.98 Å². The number of hydrogen-bond donors (Lipinski definition) is 4. The van der Waals surface area contributed by atoms with E-state index in [1.807, 2.05) is 0 Å². The van der Waals surface area contributed by atoms with Gasteiger partial charge < -0.3 is 21.8 Å². The van der Waals surface area contributed by atoms with Crippen molar-refractivity contribution >= 4 is 35.1 Å². The van der Waals surface area contributed by atoms with E-state index in [9.17, 15) is 9.59 Å². The van der Waals surface area contributed by atoms with Gasteiger partial charge >= 0.3 is 0 Å². The first-order valence-corrected chi connectivity index (χ1v) is 10.1. The Hall–Kier alpha value is -3.48. The van der Waals surface area contributed by atoms with Gasteiger partial charge in [-0.3, -0.25) is 9.59 Å². The lowest BCUT2D eigenvalue weighted by Crippen LogP contribution is -2.26. The van der Waals surface area contributed by atoms with Gasteiger partial charge in [-0.2, -0.15) is 0 Å². The summed E-state index contributed by atoms with van der Waals surface area (Å²) in [4.78, 5) is 29.4. The average molecular weight is 406 g/mol. The summed E-state index contributed by atoms with van der Waals surface area (Å²) in [5.41, 5.74) is 7.99. The molecular formula is C23H27N5O2. The number of aromatic nitrogens is 1. The summed E-state index contributed by atoms with van der Waals surface area (Å²) in [7, 11) is 0. The number of hydrogen-bond acceptors (Lipinski definition) is 5. The molecule has 0 atom stereocenters. The maximum Gasteiger partial charge on any atom is 0.274 e. The molecule has 7 heteroatoms. The van der Waals surface area contributed by atoms with Crippen molar-refractivity contribution in [1.29, 1.82) is 5.41 Å². The summed E-state index contributed by atoms with van der Waals surface area (Å²) in [5.74, 6) is 0.388. The number of carbonyl (C=O) groups is 2. The SMILES string of the molecule is CC1CCC(C(=O)Nc2cccc(NC(=O)c3cccc(/C(N)=C/C=N)n3)c2)CC1. The molecule has 1 fully saturated rings. The van der Waals surface area contributed by atoms with Crippen LogP contribution in [0.2, 0.25) is 0 Å². The molecule has 3 rings (SSSR count). The Morgan fingerprint density at radius 1 is 1.03 bits per heavy atom. The standard InChI is InChI=1S/C23H27N5O2/c1-15-8-10-16(11-9-15)22(29)26-17-4-2-5-18(14-17)27-23(30)21-7-3-6-20(28-21)19(25)12-13-24/h2-7,12-16,24H,8-11,25H2,1H3,(H,26,29)(H,27,30)/b19-12-,24-13?. The molecule has 7 nitrogen and oxygen atoms in total. The first-order valence-electron chi connectivity index (χ1n) is 10.1. The van der Waals surface area contributed by atoms with Gasteiger partial charge in [0, 0.05) is 23.5 Å². The van der Waals surface area contributed by atoms with Crippen molar-refractivity contribution in [2.45, 2.75) is 32.6 Å². The van der Waals surface area contributed by atoms with Gasteiger partial charge in [0.05, 0.1) is 11.4 Å². The quantitative estimate of drug-likeness (QED) is 0.542. The van der Waals surface area contributed by atoms with E-state index in [-0.39, 0.29) is 23.4 Å². The monoisotopic (exact) mass is 405 g/mol. The molecular weight excluding hydrogens is 378 g/mol. The van der Waals surface area contributed by atoms with Gasteiger partial charge in [0.1, 0.15) is 5.69 Å². The van der Waals surface area contributed by atoms with Crippen LogP contribution in [-0.2, 0) is 4.79 Å². The molecule has 1 aromatic heterocycles. The van der Waals surface area contributed by atoms with Crippen LogP contribution >= 0.6 is 0 Å². The number of nitrogens with one attached hydrogen (secondary N) is 3. The third-order valence-electron chi connectivity index (χ3n) is 5.32. The van der Waals surface area contributed by atoms with Crippen LogP contribution in [-0.4, -0.2) is 23.0 Å². The summed E-state index contributed by atoms with van der Waals surface area (Å²) >= 11 is 0. The van der Waals surface area contributed by atoms with Gasteiger partial charge in [-0.05, 0) is 68.0 Å². The number of anilines is 2. The second-order valence-electron chi connectivity index (χ2n) is 7.68. The van der Waals surface area contributed by atoms with Crippen molar-refractivity contribution < 1.29 is 9.59 Å². The van der Waals surface area contributed by atoms with Gasteiger partial charge in [0.2, 0.25) is 5.91 Å². The number of pyridine rings is 1. The number of nitrogens with zero attached hydrogens (tertiary/aromatic N) is 1. The second-order valence-corrected chi connectivity index (χ2v) is 7.68. The molecule has 1 aromatic carbocycles. The van der Waals surface area contributed by atoms with Crippen molar-refractivity contribution in [1.82, 2.24) is 4.98 Å². The van der Waals surface area contributed by atoms with Crippen molar-refractivity contribution in [3.05, 3.63) is 59.9 Å². The second kappa shape index (κ2) is 9.82. The molecule has 0 radical (unpaired) electrons. The Morgan fingerprint density at radius 2 is 1.67 bits per heavy atom. The molecule has 156 valence electrons. The fraction of sp³-hybridized carbons (Fsp3) is 0.304. The first kappa shape index (κ1) is 21.2. The molecule has 5 N–H and O–H groups in total. The maximum atomic E-state index is 12.6. The number of nitrogens with two attached hydrogens (primary N) is 1. The Kier molecular flexibility index (Phi) is 6.95. The molecule has 30 heavy (non-hydrogen) atoms. The molecule has 0 aliphatic heterocycles. The number of benzene rings is 1. The van der Waals surface area contributed by atoms with Gasteiger partial charge in [0.15, 0.2) is 0 Å². The van der Waals surface area contributed by atoms with E-state index in [0.29, 0.717) is 28.7 Å². The van der Waals surface area contributed by atoms with Crippen molar-refractivity contribution in [2.24, 2.45) is 17.6 Å². The lowest BCUT2D eigenvalue weighted by atomic mass is 9.82.